The lowest BCUT2D eigenvalue weighted by molar-refractivity contribution is -0.384. The average Bonchev–Trinajstić information content (AvgIpc) is 3.24. The molecule has 31 heavy (non-hydrogen) atoms. The first-order valence-electron chi connectivity index (χ1n) is 8.95. The highest BCUT2D eigenvalue weighted by Gasteiger charge is 2.19. The molecule has 0 fully saturated rings. The van der Waals surface area contributed by atoms with Crippen molar-refractivity contribution in [2.24, 2.45) is 0 Å². The Bertz CT molecular complexity index is 1110. The van der Waals surface area contributed by atoms with Gasteiger partial charge >= 0.3 is 5.97 Å². The molecule has 10 heteroatoms. The highest BCUT2D eigenvalue weighted by molar-refractivity contribution is 6.31. The summed E-state index contributed by atoms with van der Waals surface area (Å²) in [6, 6.07) is 12.7. The maximum atomic E-state index is 13.9. The van der Waals surface area contributed by atoms with Crippen molar-refractivity contribution in [1.29, 1.82) is 0 Å². The topological polar surface area (TPSA) is 103 Å². The van der Waals surface area contributed by atoms with E-state index in [2.05, 4.69) is 0 Å². The summed E-state index contributed by atoms with van der Waals surface area (Å²) in [6.45, 7) is -0.665. The molecule has 1 amide bonds. The van der Waals surface area contributed by atoms with Gasteiger partial charge in [0.2, 0.25) is 5.76 Å². The van der Waals surface area contributed by atoms with Gasteiger partial charge in [0, 0.05) is 41.9 Å². The molecule has 1 heterocycles. The van der Waals surface area contributed by atoms with E-state index in [1.54, 1.807) is 0 Å². The molecule has 1 aromatic heterocycles. The van der Waals surface area contributed by atoms with E-state index in [0.717, 1.165) is 0 Å². The average molecular weight is 447 g/mol. The normalized spacial score (nSPS) is 10.5. The number of likely N-dealkylation sites (N-methyl/N-ethyl adjacent to an activating group) is 1. The van der Waals surface area contributed by atoms with Crippen molar-refractivity contribution in [3.8, 4) is 11.3 Å². The van der Waals surface area contributed by atoms with Gasteiger partial charge in [0.05, 0.1) is 4.92 Å². The number of esters is 1. The molecule has 0 N–H and O–H groups in total. The standard InChI is InChI=1S/C21H16ClFN2O6/c1-24(11-15-16(22)3-2-4-17(15)23)20(26)12-30-21(27)19-10-9-18(31-19)13-5-7-14(8-6-13)25(28)29/h2-10H,11-12H2,1H3. The summed E-state index contributed by atoms with van der Waals surface area (Å²) in [5, 5.41) is 10.9. The molecule has 160 valence electrons. The summed E-state index contributed by atoms with van der Waals surface area (Å²) < 4.78 is 24.2. The predicted molar refractivity (Wildman–Crippen MR) is 109 cm³/mol. The van der Waals surface area contributed by atoms with Crippen LogP contribution in [-0.4, -0.2) is 35.4 Å². The van der Waals surface area contributed by atoms with Crippen LogP contribution in [0.1, 0.15) is 16.1 Å². The molecule has 0 saturated carbocycles. The number of rotatable bonds is 7. The second kappa shape index (κ2) is 9.40. The van der Waals surface area contributed by atoms with Gasteiger partial charge in [0.15, 0.2) is 6.61 Å². The monoisotopic (exact) mass is 446 g/mol. The van der Waals surface area contributed by atoms with Crippen LogP contribution in [-0.2, 0) is 16.1 Å². The molecule has 0 aliphatic rings. The van der Waals surface area contributed by atoms with Crippen molar-refractivity contribution in [3.63, 3.8) is 0 Å². The first kappa shape index (κ1) is 22.0. The number of ether oxygens (including phenoxy) is 1. The van der Waals surface area contributed by atoms with Crippen molar-refractivity contribution in [3.05, 3.63) is 86.9 Å². The Balaban J connectivity index is 1.58. The van der Waals surface area contributed by atoms with E-state index in [0.29, 0.717) is 11.3 Å². The molecule has 8 nitrogen and oxygen atoms in total. The zero-order valence-corrected chi connectivity index (χ0v) is 17.0. The second-order valence-corrected chi connectivity index (χ2v) is 6.90. The van der Waals surface area contributed by atoms with Gasteiger partial charge in [-0.1, -0.05) is 17.7 Å². The van der Waals surface area contributed by atoms with Gasteiger partial charge in [0.25, 0.3) is 11.6 Å². The highest BCUT2D eigenvalue weighted by atomic mass is 35.5. The van der Waals surface area contributed by atoms with Gasteiger partial charge in [-0.25, -0.2) is 9.18 Å². The van der Waals surface area contributed by atoms with Gasteiger partial charge in [-0.15, -0.1) is 0 Å². The molecular weight excluding hydrogens is 431 g/mol. The quantitative estimate of drug-likeness (QED) is 0.301. The first-order chi connectivity index (χ1) is 14.8. The van der Waals surface area contributed by atoms with E-state index in [9.17, 15) is 24.1 Å². The second-order valence-electron chi connectivity index (χ2n) is 6.49. The Morgan fingerprint density at radius 2 is 1.87 bits per heavy atom. The fraction of sp³-hybridized carbons (Fsp3) is 0.143. The van der Waals surface area contributed by atoms with Gasteiger partial charge in [-0.3, -0.25) is 14.9 Å². The Hall–Kier alpha value is -3.72. The van der Waals surface area contributed by atoms with Crippen LogP contribution in [0.3, 0.4) is 0 Å². The number of carbonyl (C=O) groups excluding carboxylic acids is 2. The molecule has 3 rings (SSSR count). The summed E-state index contributed by atoms with van der Waals surface area (Å²) in [5.41, 5.74) is 0.613. The molecular formula is C21H16ClFN2O6. The van der Waals surface area contributed by atoms with Gasteiger partial charge in [-0.2, -0.15) is 0 Å². The van der Waals surface area contributed by atoms with Gasteiger partial charge in [-0.05, 0) is 36.4 Å². The largest absolute Gasteiger partial charge is 0.450 e. The van der Waals surface area contributed by atoms with Crippen molar-refractivity contribution >= 4 is 29.2 Å². The van der Waals surface area contributed by atoms with Crippen LogP contribution < -0.4 is 0 Å². The molecule has 0 radical (unpaired) electrons. The molecule has 0 atom stereocenters. The van der Waals surface area contributed by atoms with Crippen LogP contribution in [0.15, 0.2) is 59.0 Å². The lowest BCUT2D eigenvalue weighted by atomic mass is 10.1. The van der Waals surface area contributed by atoms with E-state index in [-0.39, 0.29) is 28.6 Å². The van der Waals surface area contributed by atoms with Crippen LogP contribution in [0.2, 0.25) is 5.02 Å². The van der Waals surface area contributed by atoms with Gasteiger partial charge in [0.1, 0.15) is 11.6 Å². The predicted octanol–water partition coefficient (Wildman–Crippen LogP) is 4.46. The minimum atomic E-state index is -0.862. The van der Waals surface area contributed by atoms with E-state index in [1.165, 1.54) is 66.5 Å². The van der Waals surface area contributed by atoms with Crippen molar-refractivity contribution in [2.45, 2.75) is 6.54 Å². The molecule has 0 spiro atoms. The summed E-state index contributed by atoms with van der Waals surface area (Å²) >= 11 is 5.95. The van der Waals surface area contributed by atoms with Crippen LogP contribution in [0.25, 0.3) is 11.3 Å². The zero-order valence-electron chi connectivity index (χ0n) is 16.2. The molecule has 0 aliphatic carbocycles. The van der Waals surface area contributed by atoms with E-state index in [1.807, 2.05) is 0 Å². The fourth-order valence-electron chi connectivity index (χ4n) is 2.67. The van der Waals surface area contributed by atoms with E-state index in [4.69, 9.17) is 20.8 Å². The number of amides is 1. The van der Waals surface area contributed by atoms with Crippen molar-refractivity contribution in [2.75, 3.05) is 13.7 Å². The number of carbonyl (C=O) groups is 2. The molecule has 3 aromatic rings. The molecule has 0 unspecified atom stereocenters. The maximum Gasteiger partial charge on any atom is 0.374 e. The zero-order chi connectivity index (χ0) is 22.5. The number of nitro groups is 1. The summed E-state index contributed by atoms with van der Waals surface area (Å²) in [7, 11) is 1.43. The third kappa shape index (κ3) is 5.26. The first-order valence-corrected chi connectivity index (χ1v) is 9.32. The Morgan fingerprint density at radius 3 is 2.52 bits per heavy atom. The molecule has 2 aromatic carbocycles. The SMILES string of the molecule is CN(Cc1c(F)cccc1Cl)C(=O)COC(=O)c1ccc(-c2ccc([N+](=O)[O-])cc2)o1. The van der Waals surface area contributed by atoms with E-state index >= 15 is 0 Å². The third-order valence-corrected chi connectivity index (χ3v) is 4.73. The smallest absolute Gasteiger partial charge is 0.374 e. The summed E-state index contributed by atoms with van der Waals surface area (Å²) in [6.07, 6.45) is 0. The number of nitro benzene ring substituents is 1. The van der Waals surface area contributed by atoms with Crippen LogP contribution in [0, 0.1) is 15.9 Å². The number of benzene rings is 2. The van der Waals surface area contributed by atoms with Crippen LogP contribution in [0.4, 0.5) is 10.1 Å². The molecule has 0 aliphatic heterocycles. The number of hydrogen-bond acceptors (Lipinski definition) is 6. The molecule has 0 bridgehead atoms. The van der Waals surface area contributed by atoms with Crippen molar-refractivity contribution in [1.82, 2.24) is 4.90 Å². The lowest BCUT2D eigenvalue weighted by Gasteiger charge is -2.18. The number of furan rings is 1. The van der Waals surface area contributed by atoms with Gasteiger partial charge < -0.3 is 14.1 Å². The number of nitrogens with zero attached hydrogens (tertiary/aromatic N) is 2. The third-order valence-electron chi connectivity index (χ3n) is 4.38. The maximum absolute atomic E-state index is 13.9. The summed E-state index contributed by atoms with van der Waals surface area (Å²) in [5.74, 6) is -1.80. The van der Waals surface area contributed by atoms with Crippen LogP contribution >= 0.6 is 11.6 Å². The Labute approximate surface area is 180 Å². The summed E-state index contributed by atoms with van der Waals surface area (Å²) in [4.78, 5) is 35.8. The highest BCUT2D eigenvalue weighted by Crippen LogP contribution is 2.25. The minimum Gasteiger partial charge on any atom is -0.450 e. The Kier molecular flexibility index (Phi) is 6.66. The lowest BCUT2D eigenvalue weighted by Crippen LogP contribution is -2.31. The fourth-order valence-corrected chi connectivity index (χ4v) is 2.89. The minimum absolute atomic E-state index is 0.0748. The molecule has 0 saturated heterocycles. The Morgan fingerprint density at radius 1 is 1.16 bits per heavy atom. The van der Waals surface area contributed by atoms with Crippen LogP contribution in [0.5, 0.6) is 0 Å². The number of halogens is 2. The van der Waals surface area contributed by atoms with Crippen molar-refractivity contribution < 1.29 is 28.1 Å². The van der Waals surface area contributed by atoms with E-state index < -0.39 is 29.2 Å². The number of non-ortho nitro benzene ring substituents is 1. The number of hydrogen-bond donors (Lipinski definition) is 0.